The van der Waals surface area contributed by atoms with Gasteiger partial charge in [-0.2, -0.15) is 0 Å². The molecule has 3 nitrogen and oxygen atoms in total. The highest BCUT2D eigenvalue weighted by Crippen LogP contribution is 2.49. The van der Waals surface area contributed by atoms with Crippen LogP contribution < -0.4 is 11.5 Å². The summed E-state index contributed by atoms with van der Waals surface area (Å²) in [5.74, 6) is -0.196. The lowest BCUT2D eigenvalue weighted by molar-refractivity contribution is 0.103. The summed E-state index contributed by atoms with van der Waals surface area (Å²) in [4.78, 5) is 13.5. The zero-order valence-corrected chi connectivity index (χ0v) is 21.0. The van der Waals surface area contributed by atoms with Gasteiger partial charge in [0, 0.05) is 27.9 Å². The molecule has 1 atom stereocenters. The molecule has 0 saturated carbocycles. The van der Waals surface area contributed by atoms with Crippen molar-refractivity contribution in [2.45, 2.75) is 11.5 Å². The molecule has 5 rings (SSSR count). The van der Waals surface area contributed by atoms with Gasteiger partial charge in [0.15, 0.2) is 5.78 Å². The molecule has 0 heterocycles. The van der Waals surface area contributed by atoms with Crippen molar-refractivity contribution in [3.8, 4) is 0 Å². The molecule has 5 aromatic carbocycles. The number of anilines is 1. The number of nitrogens with two attached hydrogens (primary N) is 2. The zero-order chi connectivity index (χ0) is 25.8. The van der Waals surface area contributed by atoms with E-state index in [0.29, 0.717) is 27.4 Å². The maximum Gasteiger partial charge on any atom is 0.195 e. The molecule has 5 aromatic rings. The molecular formula is C33H27ClN2O. The number of hydrogen-bond acceptors (Lipinski definition) is 3. The highest BCUT2D eigenvalue weighted by atomic mass is 35.5. The molecule has 0 spiro atoms. The van der Waals surface area contributed by atoms with Gasteiger partial charge in [0.2, 0.25) is 0 Å². The fraction of sp³-hybridized carbons (Fsp3) is 0.0606. The van der Waals surface area contributed by atoms with Crippen LogP contribution in [0.25, 0.3) is 0 Å². The second kappa shape index (κ2) is 10.4. The second-order valence-electron chi connectivity index (χ2n) is 9.04. The number of carbonyl (C=O) groups is 1. The molecule has 0 bridgehead atoms. The van der Waals surface area contributed by atoms with Crippen LogP contribution in [0.2, 0.25) is 5.02 Å². The topological polar surface area (TPSA) is 69.1 Å². The largest absolute Gasteiger partial charge is 0.398 e. The zero-order valence-electron chi connectivity index (χ0n) is 20.2. The Kier molecular flexibility index (Phi) is 6.91. The smallest absolute Gasteiger partial charge is 0.195 e. The average molecular weight is 503 g/mol. The molecule has 0 aliphatic carbocycles. The lowest BCUT2D eigenvalue weighted by Gasteiger charge is -2.41. The highest BCUT2D eigenvalue weighted by Gasteiger charge is 2.43. The number of ketones is 1. The second-order valence-corrected chi connectivity index (χ2v) is 9.47. The van der Waals surface area contributed by atoms with Gasteiger partial charge < -0.3 is 11.5 Å². The summed E-state index contributed by atoms with van der Waals surface area (Å²) in [5, 5.41) is 0.405. The predicted octanol–water partition coefficient (Wildman–Crippen LogP) is 7.19. The molecule has 0 radical (unpaired) electrons. The minimum Gasteiger partial charge on any atom is -0.398 e. The van der Waals surface area contributed by atoms with Crippen molar-refractivity contribution < 1.29 is 4.79 Å². The third kappa shape index (κ3) is 4.44. The van der Waals surface area contributed by atoms with E-state index < -0.39 is 11.5 Å². The van der Waals surface area contributed by atoms with Crippen LogP contribution in [0.15, 0.2) is 133 Å². The molecule has 4 heteroatoms. The molecule has 182 valence electrons. The van der Waals surface area contributed by atoms with E-state index in [0.717, 1.165) is 16.7 Å². The van der Waals surface area contributed by atoms with Crippen LogP contribution in [-0.2, 0) is 5.41 Å². The molecule has 0 aromatic heterocycles. The van der Waals surface area contributed by atoms with Crippen molar-refractivity contribution in [1.29, 1.82) is 0 Å². The number of benzene rings is 5. The van der Waals surface area contributed by atoms with E-state index in [9.17, 15) is 4.79 Å². The minimum atomic E-state index is -0.810. The van der Waals surface area contributed by atoms with Gasteiger partial charge in [-0.25, -0.2) is 0 Å². The monoisotopic (exact) mass is 502 g/mol. The Morgan fingerprint density at radius 2 is 1.05 bits per heavy atom. The maximum absolute atomic E-state index is 13.5. The first-order valence-corrected chi connectivity index (χ1v) is 12.5. The predicted molar refractivity (Wildman–Crippen MR) is 152 cm³/mol. The molecule has 0 aliphatic heterocycles. The van der Waals surface area contributed by atoms with Crippen molar-refractivity contribution in [2.24, 2.45) is 5.73 Å². The van der Waals surface area contributed by atoms with Crippen LogP contribution in [0.1, 0.15) is 44.2 Å². The summed E-state index contributed by atoms with van der Waals surface area (Å²) < 4.78 is 0. The van der Waals surface area contributed by atoms with Gasteiger partial charge >= 0.3 is 0 Å². The lowest BCUT2D eigenvalue weighted by Crippen LogP contribution is -2.41. The summed E-state index contributed by atoms with van der Waals surface area (Å²) in [6, 6.07) is 42.3. The van der Waals surface area contributed by atoms with Crippen LogP contribution in [0, 0.1) is 0 Å². The third-order valence-corrected chi connectivity index (χ3v) is 7.16. The lowest BCUT2D eigenvalue weighted by atomic mass is 9.63. The Bertz CT molecular complexity index is 1410. The Hall–Kier alpha value is -4.18. The molecule has 0 amide bonds. The number of nitrogen functional groups attached to an aromatic ring is 1. The van der Waals surface area contributed by atoms with E-state index >= 15 is 0 Å². The minimum absolute atomic E-state index is 0.196. The fourth-order valence-electron chi connectivity index (χ4n) is 5.20. The van der Waals surface area contributed by atoms with Gasteiger partial charge in [-0.15, -0.1) is 0 Å². The first-order valence-electron chi connectivity index (χ1n) is 12.1. The van der Waals surface area contributed by atoms with Gasteiger partial charge in [-0.05, 0) is 34.4 Å². The molecule has 0 saturated heterocycles. The SMILES string of the molecule is Nc1c(C(=O)c2ccccc2)cc(Cl)cc1C(N)C(c1ccccc1)(c1ccccc1)c1ccccc1. The number of halogens is 1. The molecule has 37 heavy (non-hydrogen) atoms. The Morgan fingerprint density at radius 3 is 1.49 bits per heavy atom. The van der Waals surface area contributed by atoms with Gasteiger partial charge in [0.25, 0.3) is 0 Å². The highest BCUT2D eigenvalue weighted by molar-refractivity contribution is 6.31. The van der Waals surface area contributed by atoms with Crippen molar-refractivity contribution in [3.05, 3.63) is 172 Å². The molecule has 0 aliphatic rings. The molecular weight excluding hydrogens is 476 g/mol. The van der Waals surface area contributed by atoms with E-state index in [1.54, 1.807) is 24.3 Å². The summed E-state index contributed by atoms with van der Waals surface area (Å²) in [5.41, 5.74) is 18.1. The van der Waals surface area contributed by atoms with E-state index in [1.807, 2.05) is 72.8 Å². The number of carbonyl (C=O) groups excluding carboxylic acids is 1. The Labute approximate surface area is 222 Å². The fourth-order valence-corrected chi connectivity index (χ4v) is 5.43. The van der Waals surface area contributed by atoms with Crippen LogP contribution in [0.5, 0.6) is 0 Å². The van der Waals surface area contributed by atoms with E-state index in [-0.39, 0.29) is 5.78 Å². The quantitative estimate of drug-likeness (QED) is 0.140. The van der Waals surface area contributed by atoms with Crippen molar-refractivity contribution >= 4 is 23.1 Å². The average Bonchev–Trinajstić information content (AvgIpc) is 2.96. The van der Waals surface area contributed by atoms with Crippen LogP contribution >= 0.6 is 11.6 Å². The van der Waals surface area contributed by atoms with E-state index in [4.69, 9.17) is 23.1 Å². The number of hydrogen-bond donors (Lipinski definition) is 2. The van der Waals surface area contributed by atoms with Crippen LogP contribution in [0.4, 0.5) is 5.69 Å². The van der Waals surface area contributed by atoms with Crippen molar-refractivity contribution in [3.63, 3.8) is 0 Å². The maximum atomic E-state index is 13.5. The van der Waals surface area contributed by atoms with Crippen molar-refractivity contribution in [1.82, 2.24) is 0 Å². The van der Waals surface area contributed by atoms with Crippen LogP contribution in [-0.4, -0.2) is 5.78 Å². The van der Waals surface area contributed by atoms with Crippen LogP contribution in [0.3, 0.4) is 0 Å². The Balaban J connectivity index is 1.79. The summed E-state index contributed by atoms with van der Waals surface area (Å²) in [6.07, 6.45) is 0. The summed E-state index contributed by atoms with van der Waals surface area (Å²) >= 11 is 6.62. The Morgan fingerprint density at radius 1 is 0.649 bits per heavy atom. The summed E-state index contributed by atoms with van der Waals surface area (Å²) in [6.45, 7) is 0. The van der Waals surface area contributed by atoms with Gasteiger partial charge in [0.1, 0.15) is 0 Å². The molecule has 1 unspecified atom stereocenters. The van der Waals surface area contributed by atoms with Gasteiger partial charge in [0.05, 0.1) is 5.41 Å². The first kappa shape index (κ1) is 24.5. The van der Waals surface area contributed by atoms with E-state index in [2.05, 4.69) is 36.4 Å². The van der Waals surface area contributed by atoms with Crippen molar-refractivity contribution in [2.75, 3.05) is 5.73 Å². The van der Waals surface area contributed by atoms with E-state index in [1.165, 1.54) is 0 Å². The summed E-state index contributed by atoms with van der Waals surface area (Å²) in [7, 11) is 0. The van der Waals surface area contributed by atoms with Gasteiger partial charge in [-0.1, -0.05) is 133 Å². The standard InChI is InChI=1S/C33H27ClN2O/c34-27-21-28(31(37)23-13-5-1-6-14-23)30(35)29(22-27)32(36)33(24-15-7-2-8-16-24,25-17-9-3-10-18-25)26-19-11-4-12-20-26/h1-22,32H,35-36H2. The first-order chi connectivity index (χ1) is 18.0. The third-order valence-electron chi connectivity index (χ3n) is 6.95. The number of rotatable bonds is 7. The molecule has 0 fully saturated rings. The van der Waals surface area contributed by atoms with Gasteiger partial charge in [-0.3, -0.25) is 4.79 Å². The molecule has 4 N–H and O–H groups in total. The normalized spacial score (nSPS) is 12.2.